The lowest BCUT2D eigenvalue weighted by Gasteiger charge is -2.05. The summed E-state index contributed by atoms with van der Waals surface area (Å²) in [4.78, 5) is 0. The predicted molar refractivity (Wildman–Crippen MR) is 83.3 cm³/mol. The molecule has 7 nitrogen and oxygen atoms in total. The summed E-state index contributed by atoms with van der Waals surface area (Å²) in [5.74, 6) is 0.130. The van der Waals surface area contributed by atoms with Gasteiger partial charge in [-0.1, -0.05) is 19.9 Å². The van der Waals surface area contributed by atoms with Crippen molar-refractivity contribution >= 4 is 15.7 Å². The van der Waals surface area contributed by atoms with Gasteiger partial charge in [-0.05, 0) is 30.3 Å². The Labute approximate surface area is 137 Å². The molecule has 1 aromatic carbocycles. The number of aromatic nitrogens is 2. The van der Waals surface area contributed by atoms with E-state index < -0.39 is 15.8 Å². The van der Waals surface area contributed by atoms with Gasteiger partial charge in [0.1, 0.15) is 5.82 Å². The summed E-state index contributed by atoms with van der Waals surface area (Å²) in [6.07, 6.45) is 0. The van der Waals surface area contributed by atoms with Gasteiger partial charge in [-0.3, -0.25) is 4.72 Å². The van der Waals surface area contributed by atoms with Crippen LogP contribution in [0.25, 0.3) is 11.7 Å². The highest BCUT2D eigenvalue weighted by Gasteiger charge is 2.22. The van der Waals surface area contributed by atoms with Gasteiger partial charge in [0.15, 0.2) is 5.76 Å². The molecular formula is C15H14FN3O4S. The van der Waals surface area contributed by atoms with Crippen molar-refractivity contribution < 1.29 is 21.6 Å². The average Bonchev–Trinajstić information content (AvgIpc) is 3.16. The Hall–Kier alpha value is -2.68. The maximum Gasteiger partial charge on any atom is 0.295 e. The maximum atomic E-state index is 13.2. The molecule has 2 aromatic heterocycles. The maximum absolute atomic E-state index is 13.2. The average molecular weight is 351 g/mol. The van der Waals surface area contributed by atoms with Crippen LogP contribution in [0, 0.1) is 5.82 Å². The summed E-state index contributed by atoms with van der Waals surface area (Å²) in [6.45, 7) is 3.77. The van der Waals surface area contributed by atoms with Crippen molar-refractivity contribution in [1.29, 1.82) is 0 Å². The second-order valence-electron chi connectivity index (χ2n) is 5.33. The van der Waals surface area contributed by atoms with E-state index in [4.69, 9.17) is 8.83 Å². The molecule has 3 rings (SSSR count). The first-order valence-corrected chi connectivity index (χ1v) is 8.55. The van der Waals surface area contributed by atoms with Gasteiger partial charge in [-0.2, -0.15) is 8.42 Å². The molecular weight excluding hydrogens is 337 g/mol. The van der Waals surface area contributed by atoms with Crippen LogP contribution in [0.2, 0.25) is 0 Å². The summed E-state index contributed by atoms with van der Waals surface area (Å²) >= 11 is 0. The third kappa shape index (κ3) is 3.30. The van der Waals surface area contributed by atoms with Crippen LogP contribution in [0.3, 0.4) is 0 Å². The van der Waals surface area contributed by atoms with E-state index in [2.05, 4.69) is 14.9 Å². The van der Waals surface area contributed by atoms with Crippen molar-refractivity contribution in [1.82, 2.24) is 10.2 Å². The van der Waals surface area contributed by atoms with Crippen LogP contribution >= 0.6 is 0 Å². The first-order valence-electron chi connectivity index (χ1n) is 7.07. The van der Waals surface area contributed by atoms with Crippen LogP contribution in [0.4, 0.5) is 10.1 Å². The number of halogens is 1. The fourth-order valence-electron chi connectivity index (χ4n) is 1.90. The van der Waals surface area contributed by atoms with E-state index in [1.165, 1.54) is 30.3 Å². The topological polar surface area (TPSA) is 98.2 Å². The molecule has 0 bridgehead atoms. The van der Waals surface area contributed by atoms with Gasteiger partial charge in [0, 0.05) is 5.92 Å². The highest BCUT2D eigenvalue weighted by atomic mass is 32.2. The first kappa shape index (κ1) is 16.2. The van der Waals surface area contributed by atoms with Crippen molar-refractivity contribution in [2.24, 2.45) is 0 Å². The molecule has 0 aliphatic carbocycles. The van der Waals surface area contributed by atoms with Crippen LogP contribution in [0.5, 0.6) is 0 Å². The smallest absolute Gasteiger partial charge is 0.295 e. The van der Waals surface area contributed by atoms with Crippen LogP contribution < -0.4 is 4.72 Å². The fourth-order valence-corrected chi connectivity index (χ4v) is 2.89. The fraction of sp³-hybridized carbons (Fsp3) is 0.200. The largest absolute Gasteiger partial charge is 0.438 e. The Morgan fingerprint density at radius 1 is 1.12 bits per heavy atom. The Kier molecular flexibility index (Phi) is 4.10. The monoisotopic (exact) mass is 351 g/mol. The number of anilines is 1. The molecule has 0 unspecified atom stereocenters. The van der Waals surface area contributed by atoms with Gasteiger partial charge in [-0.15, -0.1) is 10.2 Å². The number of sulfonamides is 1. The minimum atomic E-state index is -4.00. The van der Waals surface area contributed by atoms with Crippen LogP contribution in [0.15, 0.2) is 50.3 Å². The standard InChI is InChI=1S/C15H14FN3O4S/c1-9(2)14-17-18-15(23-14)12-6-7-13(22-12)24(20,21)19-11-5-3-4-10(16)8-11/h3-9,19H,1-2H3. The molecule has 24 heavy (non-hydrogen) atoms. The second kappa shape index (κ2) is 6.08. The lowest BCUT2D eigenvalue weighted by atomic mass is 10.2. The van der Waals surface area contributed by atoms with E-state index in [0.717, 1.165) is 6.07 Å². The van der Waals surface area contributed by atoms with Gasteiger partial charge in [0.05, 0.1) is 5.69 Å². The Morgan fingerprint density at radius 2 is 1.92 bits per heavy atom. The summed E-state index contributed by atoms with van der Waals surface area (Å²) in [6, 6.07) is 7.77. The number of nitrogens with one attached hydrogen (secondary N) is 1. The Morgan fingerprint density at radius 3 is 2.58 bits per heavy atom. The SMILES string of the molecule is CC(C)c1nnc(-c2ccc(S(=O)(=O)Nc3cccc(F)c3)o2)o1. The van der Waals surface area contributed by atoms with E-state index in [1.54, 1.807) is 0 Å². The molecule has 2 heterocycles. The van der Waals surface area contributed by atoms with Crippen molar-refractivity contribution in [3.63, 3.8) is 0 Å². The van der Waals surface area contributed by atoms with E-state index in [-0.39, 0.29) is 28.3 Å². The zero-order valence-electron chi connectivity index (χ0n) is 12.9. The summed E-state index contributed by atoms with van der Waals surface area (Å²) in [5.41, 5.74) is 0.0906. The number of hydrogen-bond acceptors (Lipinski definition) is 6. The summed E-state index contributed by atoms with van der Waals surface area (Å²) in [7, 11) is -4.00. The minimum absolute atomic E-state index is 0.0408. The summed E-state index contributed by atoms with van der Waals surface area (Å²) < 4.78 is 50.6. The zero-order chi connectivity index (χ0) is 17.3. The predicted octanol–water partition coefficient (Wildman–Crippen LogP) is 3.39. The molecule has 0 fully saturated rings. The highest BCUT2D eigenvalue weighted by molar-refractivity contribution is 7.92. The highest BCUT2D eigenvalue weighted by Crippen LogP contribution is 2.26. The summed E-state index contributed by atoms with van der Waals surface area (Å²) in [5, 5.41) is 7.34. The van der Waals surface area contributed by atoms with Crippen molar-refractivity contribution in [2.75, 3.05) is 4.72 Å². The molecule has 126 valence electrons. The lowest BCUT2D eigenvalue weighted by Crippen LogP contribution is -2.12. The molecule has 0 amide bonds. The molecule has 1 N–H and O–H groups in total. The molecule has 0 saturated heterocycles. The normalized spacial score (nSPS) is 11.8. The number of benzene rings is 1. The third-order valence-electron chi connectivity index (χ3n) is 3.07. The van der Waals surface area contributed by atoms with E-state index in [0.29, 0.717) is 5.89 Å². The van der Waals surface area contributed by atoms with Crippen molar-refractivity contribution in [3.05, 3.63) is 48.1 Å². The van der Waals surface area contributed by atoms with Gasteiger partial charge in [0.25, 0.3) is 15.9 Å². The van der Waals surface area contributed by atoms with E-state index in [9.17, 15) is 12.8 Å². The molecule has 3 aromatic rings. The van der Waals surface area contributed by atoms with Crippen molar-refractivity contribution in [3.8, 4) is 11.7 Å². The number of furan rings is 1. The van der Waals surface area contributed by atoms with Crippen molar-refractivity contribution in [2.45, 2.75) is 24.9 Å². The van der Waals surface area contributed by atoms with Crippen LogP contribution in [-0.2, 0) is 10.0 Å². The Balaban J connectivity index is 1.86. The van der Waals surface area contributed by atoms with Gasteiger partial charge in [0.2, 0.25) is 11.0 Å². The minimum Gasteiger partial charge on any atom is -0.438 e. The second-order valence-corrected chi connectivity index (χ2v) is 6.95. The molecule has 0 spiro atoms. The zero-order valence-corrected chi connectivity index (χ0v) is 13.7. The molecule has 0 aliphatic rings. The molecule has 0 radical (unpaired) electrons. The quantitative estimate of drug-likeness (QED) is 0.756. The first-order chi connectivity index (χ1) is 11.3. The number of nitrogens with zero attached hydrogens (tertiary/aromatic N) is 2. The van der Waals surface area contributed by atoms with Crippen LogP contribution in [-0.4, -0.2) is 18.6 Å². The van der Waals surface area contributed by atoms with Crippen LogP contribution in [0.1, 0.15) is 25.7 Å². The van der Waals surface area contributed by atoms with E-state index >= 15 is 0 Å². The number of hydrogen-bond donors (Lipinski definition) is 1. The van der Waals surface area contributed by atoms with E-state index in [1.807, 2.05) is 13.8 Å². The molecule has 9 heteroatoms. The Bertz CT molecular complexity index is 963. The molecule has 0 atom stereocenters. The van der Waals surface area contributed by atoms with Gasteiger partial charge >= 0.3 is 0 Å². The number of rotatable bonds is 5. The third-order valence-corrected chi connectivity index (χ3v) is 4.32. The molecule has 0 aliphatic heterocycles. The van der Waals surface area contributed by atoms with Gasteiger partial charge < -0.3 is 8.83 Å². The molecule has 0 saturated carbocycles. The lowest BCUT2D eigenvalue weighted by molar-refractivity contribution is 0.429. The van der Waals surface area contributed by atoms with Gasteiger partial charge in [-0.25, -0.2) is 4.39 Å².